The Balaban J connectivity index is 2.30. The van der Waals surface area contributed by atoms with Gasteiger partial charge in [-0.25, -0.2) is 0 Å². The van der Waals surface area contributed by atoms with Gasteiger partial charge in [0.05, 0.1) is 20.2 Å². The van der Waals surface area contributed by atoms with Gasteiger partial charge in [-0.2, -0.15) is 0 Å². The Morgan fingerprint density at radius 1 is 1.60 bits per heavy atom. The number of ether oxygens (including phenoxy) is 1. The van der Waals surface area contributed by atoms with E-state index in [1.165, 1.54) is 11.1 Å². The van der Waals surface area contributed by atoms with Gasteiger partial charge in [-0.15, -0.1) is 6.42 Å². The van der Waals surface area contributed by atoms with Crippen LogP contribution in [0.25, 0.3) is 0 Å². The van der Waals surface area contributed by atoms with Gasteiger partial charge in [0.25, 0.3) is 0 Å². The van der Waals surface area contributed by atoms with Crippen LogP contribution >= 0.6 is 0 Å². The molecule has 1 aliphatic carbocycles. The van der Waals surface area contributed by atoms with E-state index in [1.54, 1.807) is 7.11 Å². The summed E-state index contributed by atoms with van der Waals surface area (Å²) < 4.78 is 5.25. The minimum absolute atomic E-state index is 0.0274. The molecule has 2 rings (SSSR count). The summed E-state index contributed by atoms with van der Waals surface area (Å²) in [5.74, 6) is 2.55. The number of carboxylic acid groups (broad SMARTS) is 1. The maximum atomic E-state index is 11.0. The molecule has 20 heavy (non-hydrogen) atoms. The van der Waals surface area contributed by atoms with Crippen LogP contribution in [-0.2, 0) is 11.2 Å². The highest BCUT2D eigenvalue weighted by atomic mass is 16.5. The van der Waals surface area contributed by atoms with E-state index in [0.717, 1.165) is 25.0 Å². The lowest BCUT2D eigenvalue weighted by Crippen LogP contribution is -2.35. The zero-order chi connectivity index (χ0) is 14.5. The molecule has 0 aromatic heterocycles. The fourth-order valence-corrected chi connectivity index (χ4v) is 2.84. The van der Waals surface area contributed by atoms with E-state index in [4.69, 9.17) is 16.3 Å². The van der Waals surface area contributed by atoms with Crippen LogP contribution in [0.2, 0.25) is 0 Å². The van der Waals surface area contributed by atoms with Crippen LogP contribution in [0.4, 0.5) is 0 Å². The molecule has 1 unspecified atom stereocenters. The van der Waals surface area contributed by atoms with Crippen molar-refractivity contribution in [2.24, 2.45) is 0 Å². The van der Waals surface area contributed by atoms with Crippen LogP contribution in [0.15, 0.2) is 18.2 Å². The lowest BCUT2D eigenvalue weighted by molar-refractivity contribution is -0.138. The lowest BCUT2D eigenvalue weighted by Gasteiger charge is -2.34. The van der Waals surface area contributed by atoms with Crippen LogP contribution in [-0.4, -0.2) is 36.2 Å². The predicted octanol–water partition coefficient (Wildman–Crippen LogP) is 2.09. The van der Waals surface area contributed by atoms with Crippen LogP contribution in [0, 0.1) is 12.3 Å². The van der Waals surface area contributed by atoms with E-state index < -0.39 is 5.97 Å². The molecule has 106 valence electrons. The summed E-state index contributed by atoms with van der Waals surface area (Å²) in [6, 6.07) is 6.07. The Morgan fingerprint density at radius 3 is 3.05 bits per heavy atom. The van der Waals surface area contributed by atoms with Gasteiger partial charge in [-0.05, 0) is 42.5 Å². The Labute approximate surface area is 119 Å². The van der Waals surface area contributed by atoms with Crippen molar-refractivity contribution >= 4 is 5.97 Å². The molecule has 1 aromatic carbocycles. The van der Waals surface area contributed by atoms with Crippen molar-refractivity contribution in [3.05, 3.63) is 29.3 Å². The number of carboxylic acids is 1. The predicted molar refractivity (Wildman–Crippen MR) is 76.7 cm³/mol. The standard InChI is InChI=1S/C16H19NO3/c1-3-9-17(11-16(18)19)15-6-4-5-12-10-13(20-2)7-8-14(12)15/h1,7-8,10,15H,4-6,9,11H2,2H3,(H,18,19). The maximum Gasteiger partial charge on any atom is 0.317 e. The molecule has 0 spiro atoms. The van der Waals surface area contributed by atoms with Crippen LogP contribution in [0.1, 0.15) is 30.0 Å². The molecule has 1 N–H and O–H groups in total. The second-order valence-corrected chi connectivity index (χ2v) is 4.98. The van der Waals surface area contributed by atoms with E-state index in [2.05, 4.69) is 5.92 Å². The lowest BCUT2D eigenvalue weighted by atomic mass is 9.86. The number of hydrogen-bond donors (Lipinski definition) is 1. The number of hydrogen-bond acceptors (Lipinski definition) is 3. The smallest absolute Gasteiger partial charge is 0.317 e. The van der Waals surface area contributed by atoms with E-state index in [-0.39, 0.29) is 12.6 Å². The minimum Gasteiger partial charge on any atom is -0.497 e. The first-order chi connectivity index (χ1) is 9.65. The van der Waals surface area contributed by atoms with E-state index in [1.807, 2.05) is 23.1 Å². The van der Waals surface area contributed by atoms with E-state index >= 15 is 0 Å². The van der Waals surface area contributed by atoms with Gasteiger partial charge in [0, 0.05) is 6.04 Å². The second-order valence-electron chi connectivity index (χ2n) is 4.98. The molecule has 1 atom stereocenters. The second kappa shape index (κ2) is 6.44. The van der Waals surface area contributed by atoms with Crippen molar-refractivity contribution < 1.29 is 14.6 Å². The molecule has 0 saturated heterocycles. The number of benzene rings is 1. The molecule has 0 amide bonds. The molecule has 0 bridgehead atoms. The van der Waals surface area contributed by atoms with Gasteiger partial charge in [-0.3, -0.25) is 9.69 Å². The Hall–Kier alpha value is -1.99. The summed E-state index contributed by atoms with van der Waals surface area (Å²) in [4.78, 5) is 12.9. The Morgan fingerprint density at radius 2 is 2.40 bits per heavy atom. The summed E-state index contributed by atoms with van der Waals surface area (Å²) in [5, 5.41) is 9.04. The van der Waals surface area contributed by atoms with Gasteiger partial charge in [0.1, 0.15) is 5.75 Å². The highest BCUT2D eigenvalue weighted by Crippen LogP contribution is 2.35. The van der Waals surface area contributed by atoms with E-state index in [0.29, 0.717) is 6.54 Å². The molecular formula is C16H19NO3. The fraction of sp³-hybridized carbons (Fsp3) is 0.438. The first kappa shape index (κ1) is 14.4. The van der Waals surface area contributed by atoms with Gasteiger partial charge in [-0.1, -0.05) is 12.0 Å². The number of methoxy groups -OCH3 is 1. The molecule has 4 nitrogen and oxygen atoms in total. The van der Waals surface area contributed by atoms with Crippen molar-refractivity contribution in [3.8, 4) is 18.1 Å². The van der Waals surface area contributed by atoms with Crippen molar-refractivity contribution in [2.45, 2.75) is 25.3 Å². The third-order valence-corrected chi connectivity index (χ3v) is 3.71. The molecule has 0 aliphatic heterocycles. The average Bonchev–Trinajstić information content (AvgIpc) is 2.45. The maximum absolute atomic E-state index is 11.0. The zero-order valence-corrected chi connectivity index (χ0v) is 11.6. The van der Waals surface area contributed by atoms with Gasteiger partial charge < -0.3 is 9.84 Å². The monoisotopic (exact) mass is 273 g/mol. The topological polar surface area (TPSA) is 49.8 Å². The third kappa shape index (κ3) is 3.12. The third-order valence-electron chi connectivity index (χ3n) is 3.71. The number of nitrogens with zero attached hydrogens (tertiary/aromatic N) is 1. The van der Waals surface area contributed by atoms with Gasteiger partial charge >= 0.3 is 5.97 Å². The largest absolute Gasteiger partial charge is 0.497 e. The number of aliphatic carboxylic acids is 1. The first-order valence-corrected chi connectivity index (χ1v) is 6.72. The molecular weight excluding hydrogens is 254 g/mol. The Bertz CT molecular complexity index is 533. The highest BCUT2D eigenvalue weighted by molar-refractivity contribution is 5.69. The van der Waals surface area contributed by atoms with Gasteiger partial charge in [0.2, 0.25) is 0 Å². The molecule has 0 radical (unpaired) electrons. The normalized spacial score (nSPS) is 17.4. The molecule has 0 saturated carbocycles. The van der Waals surface area contributed by atoms with Crippen LogP contribution in [0.3, 0.4) is 0 Å². The molecule has 0 heterocycles. The highest BCUT2D eigenvalue weighted by Gasteiger charge is 2.27. The molecule has 1 aromatic rings. The van der Waals surface area contributed by atoms with Crippen molar-refractivity contribution in [1.29, 1.82) is 0 Å². The number of fused-ring (bicyclic) bond motifs is 1. The summed E-state index contributed by atoms with van der Waals surface area (Å²) in [6.45, 7) is 0.322. The molecule has 1 aliphatic rings. The SMILES string of the molecule is C#CCN(CC(=O)O)C1CCCc2cc(OC)ccc21. The summed E-state index contributed by atoms with van der Waals surface area (Å²) >= 11 is 0. The average molecular weight is 273 g/mol. The molecule has 4 heteroatoms. The summed E-state index contributed by atoms with van der Waals surface area (Å²) in [5.41, 5.74) is 2.40. The van der Waals surface area contributed by atoms with Crippen molar-refractivity contribution in [3.63, 3.8) is 0 Å². The van der Waals surface area contributed by atoms with E-state index in [9.17, 15) is 4.79 Å². The number of aryl methyl sites for hydroxylation is 1. The zero-order valence-electron chi connectivity index (χ0n) is 11.6. The number of carbonyl (C=O) groups is 1. The fourth-order valence-electron chi connectivity index (χ4n) is 2.84. The first-order valence-electron chi connectivity index (χ1n) is 6.72. The minimum atomic E-state index is -0.846. The number of terminal acetylenes is 1. The van der Waals surface area contributed by atoms with Crippen molar-refractivity contribution in [1.82, 2.24) is 4.90 Å². The summed E-state index contributed by atoms with van der Waals surface area (Å²) in [6.07, 6.45) is 8.34. The van der Waals surface area contributed by atoms with Crippen molar-refractivity contribution in [2.75, 3.05) is 20.2 Å². The summed E-state index contributed by atoms with van der Waals surface area (Å²) in [7, 11) is 1.65. The molecule has 0 fully saturated rings. The van der Waals surface area contributed by atoms with Gasteiger partial charge in [0.15, 0.2) is 0 Å². The number of rotatable bonds is 5. The Kier molecular flexibility index (Phi) is 4.65. The quantitative estimate of drug-likeness (QED) is 0.835. The van der Waals surface area contributed by atoms with Crippen LogP contribution in [0.5, 0.6) is 5.75 Å². The van der Waals surface area contributed by atoms with Crippen LogP contribution < -0.4 is 4.74 Å².